The number of amides is 1. The Hall–Kier alpha value is -2.16. The Morgan fingerprint density at radius 1 is 0.931 bits per heavy atom. The lowest BCUT2D eigenvalue weighted by Crippen LogP contribution is -2.46. The molecule has 29 heavy (non-hydrogen) atoms. The lowest BCUT2D eigenvalue weighted by molar-refractivity contribution is -0.126. The van der Waals surface area contributed by atoms with E-state index in [4.69, 9.17) is 34.2 Å². The van der Waals surface area contributed by atoms with E-state index >= 15 is 0 Å². The van der Waals surface area contributed by atoms with Gasteiger partial charge in [0.05, 0.1) is 16.9 Å². The molecule has 0 spiro atoms. The zero-order valence-corrected chi connectivity index (χ0v) is 17.2. The first kappa shape index (κ1) is 21.5. The molecule has 0 aromatic heterocycles. The summed E-state index contributed by atoms with van der Waals surface area (Å²) >= 11 is 11.8. The molecule has 2 aliphatic rings. The highest BCUT2D eigenvalue weighted by Gasteiger charge is 2.45. The molecule has 0 unspecified atom stereocenters. The Bertz CT molecular complexity index is 979. The molecule has 0 bridgehead atoms. The minimum absolute atomic E-state index is 0.286. The molecule has 2 fully saturated rings. The molecule has 0 saturated heterocycles. The van der Waals surface area contributed by atoms with Gasteiger partial charge in [-0.2, -0.15) is 5.26 Å². The second-order valence-corrected chi connectivity index (χ2v) is 8.41. The third kappa shape index (κ3) is 3.97. The second kappa shape index (κ2) is 8.30. The first-order valence-corrected chi connectivity index (χ1v) is 10.1. The van der Waals surface area contributed by atoms with Gasteiger partial charge in [0.2, 0.25) is 5.91 Å². The number of benzene rings is 2. The lowest BCUT2D eigenvalue weighted by Gasteiger charge is -2.39. The van der Waals surface area contributed by atoms with Gasteiger partial charge in [-0.3, -0.25) is 4.79 Å². The summed E-state index contributed by atoms with van der Waals surface area (Å²) in [6.07, 6.45) is 5.06. The van der Waals surface area contributed by atoms with Crippen molar-refractivity contribution in [2.24, 2.45) is 5.73 Å². The molecular formula is C22H20Cl2F2N2O. The lowest BCUT2D eigenvalue weighted by atomic mass is 9.64. The molecular weight excluding hydrogens is 417 g/mol. The van der Waals surface area contributed by atoms with E-state index in [1.807, 2.05) is 0 Å². The molecule has 3 nitrogen and oxygen atoms in total. The zero-order valence-electron chi connectivity index (χ0n) is 15.7. The number of nitrogens with two attached hydrogens (primary N) is 1. The summed E-state index contributed by atoms with van der Waals surface area (Å²) in [6.45, 7) is 0. The highest BCUT2D eigenvalue weighted by atomic mass is 35.5. The van der Waals surface area contributed by atoms with E-state index in [-0.39, 0.29) is 16.7 Å². The molecule has 0 aliphatic heterocycles. The number of carbonyl (C=O) groups excluding carboxylic acids is 1. The van der Waals surface area contributed by atoms with Crippen molar-refractivity contribution in [3.63, 3.8) is 0 Å². The van der Waals surface area contributed by atoms with Gasteiger partial charge in [-0.1, -0.05) is 41.8 Å². The second-order valence-electron chi connectivity index (χ2n) is 7.60. The van der Waals surface area contributed by atoms with Crippen LogP contribution in [-0.2, 0) is 15.6 Å². The molecule has 0 radical (unpaired) electrons. The van der Waals surface area contributed by atoms with Crippen LogP contribution in [0, 0.1) is 23.0 Å². The van der Waals surface area contributed by atoms with Crippen LogP contribution in [-0.4, -0.2) is 5.91 Å². The van der Waals surface area contributed by atoms with Gasteiger partial charge in [-0.05, 0) is 67.5 Å². The Labute approximate surface area is 178 Å². The fourth-order valence-corrected chi connectivity index (χ4v) is 4.60. The van der Waals surface area contributed by atoms with Crippen LogP contribution >= 0.6 is 23.2 Å². The predicted octanol–water partition coefficient (Wildman–Crippen LogP) is 5.81. The highest BCUT2D eigenvalue weighted by Crippen LogP contribution is 2.46. The average molecular weight is 437 g/mol. The van der Waals surface area contributed by atoms with Crippen LogP contribution in [0.2, 0.25) is 10.0 Å². The number of carbonyl (C=O) groups is 1. The molecule has 2 N–H and O–H groups in total. The molecule has 2 aromatic carbocycles. The number of nitrogens with zero attached hydrogens (tertiary/aromatic N) is 1. The molecule has 2 aliphatic carbocycles. The molecule has 0 heterocycles. The molecule has 2 aromatic rings. The van der Waals surface area contributed by atoms with E-state index in [1.54, 1.807) is 12.1 Å². The monoisotopic (exact) mass is 436 g/mol. The number of primary amides is 1. The molecule has 152 valence electrons. The summed E-state index contributed by atoms with van der Waals surface area (Å²) in [6, 6.07) is 10.6. The third-order valence-electron chi connectivity index (χ3n) is 5.99. The van der Waals surface area contributed by atoms with Crippen molar-refractivity contribution >= 4 is 29.1 Å². The number of rotatable bonds is 3. The minimum Gasteiger partial charge on any atom is -0.369 e. The van der Waals surface area contributed by atoms with Crippen molar-refractivity contribution in [2.75, 3.05) is 0 Å². The Morgan fingerprint density at radius 3 is 1.72 bits per heavy atom. The topological polar surface area (TPSA) is 66.9 Å². The van der Waals surface area contributed by atoms with Crippen LogP contribution in [0.3, 0.4) is 0 Å². The Morgan fingerprint density at radius 2 is 1.41 bits per heavy atom. The van der Waals surface area contributed by atoms with Crippen molar-refractivity contribution < 1.29 is 13.6 Å². The third-order valence-corrected chi connectivity index (χ3v) is 6.62. The van der Waals surface area contributed by atoms with E-state index in [0.29, 0.717) is 23.4 Å². The maximum absolute atomic E-state index is 12.9. The smallest absolute Gasteiger partial charge is 0.228 e. The first-order valence-electron chi connectivity index (χ1n) is 9.36. The van der Waals surface area contributed by atoms with Crippen molar-refractivity contribution in [2.45, 2.75) is 49.4 Å². The fraction of sp³-hybridized carbons (Fsp3) is 0.364. The summed E-state index contributed by atoms with van der Waals surface area (Å²) < 4.78 is 25.7. The van der Waals surface area contributed by atoms with Crippen LogP contribution in [0.15, 0.2) is 36.4 Å². The quantitative estimate of drug-likeness (QED) is 0.659. The predicted molar refractivity (Wildman–Crippen MR) is 109 cm³/mol. The summed E-state index contributed by atoms with van der Waals surface area (Å²) in [4.78, 5) is 11.4. The molecule has 1 amide bonds. The van der Waals surface area contributed by atoms with Gasteiger partial charge in [0.25, 0.3) is 0 Å². The number of halogens is 4. The van der Waals surface area contributed by atoms with Gasteiger partial charge >= 0.3 is 0 Å². The number of hydrogen-bond acceptors (Lipinski definition) is 2. The van der Waals surface area contributed by atoms with Crippen molar-refractivity contribution in [1.29, 1.82) is 5.26 Å². The minimum atomic E-state index is -0.662. The summed E-state index contributed by atoms with van der Waals surface area (Å²) in [5.74, 6) is -1.13. The molecule has 4 rings (SSSR count). The standard InChI is InChI=1S/C11H11ClFNO.C11H9ClFN/c12-9-6-7(13)2-3-8(9)11(10(14)15)4-1-5-11;12-10-6-8(13)2-3-9(10)11(7-14)4-1-5-11/h2-3,6H,1,4-5H2,(H2,14,15);2-3,6H,1,4-5H2. The highest BCUT2D eigenvalue weighted by molar-refractivity contribution is 6.32. The Kier molecular flexibility index (Phi) is 6.16. The normalized spacial score (nSPS) is 18.3. The van der Waals surface area contributed by atoms with Crippen LogP contribution in [0.1, 0.15) is 49.7 Å². The van der Waals surface area contributed by atoms with Crippen LogP contribution in [0.25, 0.3) is 0 Å². The summed E-state index contributed by atoms with van der Waals surface area (Å²) in [5.41, 5.74) is 5.69. The van der Waals surface area contributed by atoms with Crippen molar-refractivity contribution in [1.82, 2.24) is 0 Å². The molecule has 7 heteroatoms. The molecule has 2 saturated carbocycles. The van der Waals surface area contributed by atoms with Crippen LogP contribution < -0.4 is 5.73 Å². The van der Waals surface area contributed by atoms with Crippen LogP contribution in [0.4, 0.5) is 8.78 Å². The van der Waals surface area contributed by atoms with E-state index in [0.717, 1.165) is 31.2 Å². The van der Waals surface area contributed by atoms with Gasteiger partial charge in [-0.25, -0.2) is 8.78 Å². The zero-order chi connectivity index (χ0) is 21.2. The van der Waals surface area contributed by atoms with Crippen molar-refractivity contribution in [3.8, 4) is 6.07 Å². The van der Waals surface area contributed by atoms with Crippen LogP contribution in [0.5, 0.6) is 0 Å². The van der Waals surface area contributed by atoms with E-state index in [2.05, 4.69) is 6.07 Å². The molecule has 0 atom stereocenters. The van der Waals surface area contributed by atoms with Gasteiger partial charge in [-0.15, -0.1) is 0 Å². The van der Waals surface area contributed by atoms with Gasteiger partial charge in [0.15, 0.2) is 0 Å². The van der Waals surface area contributed by atoms with E-state index in [1.165, 1.54) is 24.3 Å². The fourth-order valence-electron chi connectivity index (χ4n) is 3.91. The van der Waals surface area contributed by atoms with Gasteiger partial charge in [0.1, 0.15) is 11.6 Å². The van der Waals surface area contributed by atoms with Gasteiger partial charge in [0, 0.05) is 10.0 Å². The largest absolute Gasteiger partial charge is 0.369 e. The van der Waals surface area contributed by atoms with E-state index in [9.17, 15) is 13.6 Å². The average Bonchev–Trinajstić information content (AvgIpc) is 2.57. The summed E-state index contributed by atoms with van der Waals surface area (Å²) in [5, 5.41) is 9.73. The van der Waals surface area contributed by atoms with Crippen molar-refractivity contribution in [3.05, 3.63) is 69.2 Å². The number of hydrogen-bond donors (Lipinski definition) is 1. The Balaban J connectivity index is 0.000000166. The number of nitriles is 1. The maximum Gasteiger partial charge on any atom is 0.228 e. The first-order chi connectivity index (χ1) is 13.7. The SMILES string of the molecule is N#CC1(c2ccc(F)cc2Cl)CCC1.NC(=O)C1(c2ccc(F)cc2Cl)CCC1. The maximum atomic E-state index is 12.9. The summed E-state index contributed by atoms with van der Waals surface area (Å²) in [7, 11) is 0. The van der Waals surface area contributed by atoms with Gasteiger partial charge < -0.3 is 5.73 Å². The van der Waals surface area contributed by atoms with E-state index < -0.39 is 16.6 Å².